The van der Waals surface area contributed by atoms with Gasteiger partial charge in [-0.05, 0) is 31.0 Å². The van der Waals surface area contributed by atoms with E-state index in [2.05, 4.69) is 5.32 Å². The zero-order chi connectivity index (χ0) is 19.9. The van der Waals surface area contributed by atoms with E-state index in [1.54, 1.807) is 30.3 Å². The third-order valence-corrected chi connectivity index (χ3v) is 5.65. The van der Waals surface area contributed by atoms with Gasteiger partial charge in [-0.2, -0.15) is 0 Å². The van der Waals surface area contributed by atoms with Crippen LogP contribution in [0.5, 0.6) is 0 Å². The van der Waals surface area contributed by atoms with Crippen molar-refractivity contribution in [3.05, 3.63) is 72.3 Å². The molecule has 1 aliphatic rings. The number of nitrogens with one attached hydrogen (secondary N) is 1. The second kappa shape index (κ2) is 9.37. The van der Waals surface area contributed by atoms with Gasteiger partial charge in [0.15, 0.2) is 5.78 Å². The highest BCUT2D eigenvalue weighted by molar-refractivity contribution is 8.00. The molecule has 2 atom stereocenters. The Morgan fingerprint density at radius 3 is 2.39 bits per heavy atom. The molecule has 2 N–H and O–H groups in total. The van der Waals surface area contributed by atoms with Gasteiger partial charge in [0.2, 0.25) is 5.91 Å². The molecule has 144 valence electrons. The van der Waals surface area contributed by atoms with Gasteiger partial charge in [0.1, 0.15) is 0 Å². The van der Waals surface area contributed by atoms with E-state index in [1.807, 2.05) is 36.4 Å². The Morgan fingerprint density at radius 1 is 0.964 bits per heavy atom. The number of aliphatic carboxylic acids is 1. The molecule has 2 unspecified atom stereocenters. The summed E-state index contributed by atoms with van der Waals surface area (Å²) in [5.74, 6) is -2.19. The number of amides is 1. The number of carbonyl (C=O) groups excluding carboxylic acids is 2. The van der Waals surface area contributed by atoms with E-state index in [0.717, 1.165) is 4.90 Å². The van der Waals surface area contributed by atoms with E-state index in [4.69, 9.17) is 0 Å². The molecule has 0 heterocycles. The number of ketones is 1. The molecule has 0 spiro atoms. The van der Waals surface area contributed by atoms with E-state index < -0.39 is 17.8 Å². The summed E-state index contributed by atoms with van der Waals surface area (Å²) in [6.07, 6.45) is 4.45. The summed E-state index contributed by atoms with van der Waals surface area (Å²) < 4.78 is 0. The van der Waals surface area contributed by atoms with E-state index >= 15 is 0 Å². The molecule has 0 radical (unpaired) electrons. The predicted octanol–water partition coefficient (Wildman–Crippen LogP) is 4.27. The largest absolute Gasteiger partial charge is 0.481 e. The second-order valence-electron chi connectivity index (χ2n) is 6.59. The van der Waals surface area contributed by atoms with Crippen LogP contribution in [-0.2, 0) is 9.59 Å². The van der Waals surface area contributed by atoms with Gasteiger partial charge >= 0.3 is 5.97 Å². The lowest BCUT2D eigenvalue weighted by Gasteiger charge is -2.24. The van der Waals surface area contributed by atoms with Gasteiger partial charge in [0, 0.05) is 16.1 Å². The van der Waals surface area contributed by atoms with Crippen LogP contribution in [0.4, 0.5) is 5.69 Å². The van der Waals surface area contributed by atoms with Crippen LogP contribution >= 0.6 is 11.8 Å². The molecule has 0 saturated heterocycles. The first-order chi connectivity index (χ1) is 13.5. The van der Waals surface area contributed by atoms with Gasteiger partial charge in [-0.3, -0.25) is 14.4 Å². The molecular formula is C22H21NO4S. The summed E-state index contributed by atoms with van der Waals surface area (Å²) in [5, 5.41) is 12.2. The maximum absolute atomic E-state index is 12.6. The number of rotatable bonds is 7. The first-order valence-corrected chi connectivity index (χ1v) is 10.0. The van der Waals surface area contributed by atoms with Gasteiger partial charge in [-0.15, -0.1) is 11.8 Å². The van der Waals surface area contributed by atoms with Crippen LogP contribution in [0.3, 0.4) is 0 Å². The molecule has 0 bridgehead atoms. The number of allylic oxidation sites excluding steroid dienone is 2. The monoisotopic (exact) mass is 395 g/mol. The highest BCUT2D eigenvalue weighted by Gasteiger charge is 2.33. The maximum atomic E-state index is 12.6. The summed E-state index contributed by atoms with van der Waals surface area (Å²) in [6.45, 7) is 0. The van der Waals surface area contributed by atoms with Crippen molar-refractivity contribution in [2.75, 3.05) is 11.1 Å². The molecular weight excluding hydrogens is 374 g/mol. The molecule has 2 aromatic carbocycles. The van der Waals surface area contributed by atoms with Crippen LogP contribution in [0.15, 0.2) is 71.6 Å². The standard InChI is InChI=1S/C22H21NO4S/c24-20(15-7-2-1-3-8-15)14-28-17-10-6-9-16(13-17)23-21(25)18-11-4-5-12-19(18)22(26)27/h1-10,13,18-19H,11-12,14H2,(H,23,25)(H,26,27). The minimum absolute atomic E-state index is 0.0401. The van der Waals surface area contributed by atoms with E-state index in [0.29, 0.717) is 29.8 Å². The lowest BCUT2D eigenvalue weighted by atomic mass is 9.82. The lowest BCUT2D eigenvalue weighted by molar-refractivity contribution is -0.146. The minimum Gasteiger partial charge on any atom is -0.481 e. The minimum atomic E-state index is -0.951. The van der Waals surface area contributed by atoms with Crippen molar-refractivity contribution in [3.8, 4) is 0 Å². The van der Waals surface area contributed by atoms with Crippen molar-refractivity contribution >= 4 is 35.1 Å². The van der Waals surface area contributed by atoms with Crippen LogP contribution in [0, 0.1) is 11.8 Å². The smallest absolute Gasteiger partial charge is 0.307 e. The van der Waals surface area contributed by atoms with Gasteiger partial charge in [0.25, 0.3) is 0 Å². The fourth-order valence-electron chi connectivity index (χ4n) is 3.13. The van der Waals surface area contributed by atoms with Crippen molar-refractivity contribution in [2.24, 2.45) is 11.8 Å². The van der Waals surface area contributed by atoms with Gasteiger partial charge < -0.3 is 10.4 Å². The number of anilines is 1. The fourth-order valence-corrected chi connectivity index (χ4v) is 3.98. The van der Waals surface area contributed by atoms with Gasteiger partial charge in [-0.25, -0.2) is 0 Å². The summed E-state index contributed by atoms with van der Waals surface area (Å²) >= 11 is 1.40. The molecule has 3 rings (SSSR count). The Hall–Kier alpha value is -2.86. The van der Waals surface area contributed by atoms with Gasteiger partial charge in [-0.1, -0.05) is 48.6 Å². The average Bonchev–Trinajstić information content (AvgIpc) is 2.73. The number of Topliss-reactive ketones (excluding diaryl/α,β-unsaturated/α-hetero) is 1. The summed E-state index contributed by atoms with van der Waals surface area (Å²) in [4.78, 5) is 37.1. The highest BCUT2D eigenvalue weighted by atomic mass is 32.2. The molecule has 28 heavy (non-hydrogen) atoms. The molecule has 2 aromatic rings. The van der Waals surface area contributed by atoms with Crippen molar-refractivity contribution < 1.29 is 19.5 Å². The topological polar surface area (TPSA) is 83.5 Å². The van der Waals surface area contributed by atoms with E-state index in [-0.39, 0.29) is 11.7 Å². The van der Waals surface area contributed by atoms with Crippen LogP contribution in [0.1, 0.15) is 23.2 Å². The molecule has 0 aliphatic heterocycles. The molecule has 0 aromatic heterocycles. The maximum Gasteiger partial charge on any atom is 0.307 e. The first-order valence-electron chi connectivity index (χ1n) is 9.04. The normalized spacial score (nSPS) is 18.4. The van der Waals surface area contributed by atoms with E-state index in [9.17, 15) is 19.5 Å². The molecule has 1 amide bonds. The second-order valence-corrected chi connectivity index (χ2v) is 7.64. The highest BCUT2D eigenvalue weighted by Crippen LogP contribution is 2.28. The van der Waals surface area contributed by atoms with Crippen LogP contribution in [0.2, 0.25) is 0 Å². The van der Waals surface area contributed by atoms with Crippen molar-refractivity contribution in [2.45, 2.75) is 17.7 Å². The Kier molecular flexibility index (Phi) is 6.66. The van der Waals surface area contributed by atoms with Crippen molar-refractivity contribution in [1.29, 1.82) is 0 Å². The Balaban J connectivity index is 1.61. The van der Waals surface area contributed by atoms with Crippen LogP contribution < -0.4 is 5.32 Å². The number of carboxylic acids is 1. The number of hydrogen-bond donors (Lipinski definition) is 2. The SMILES string of the molecule is O=C(CSc1cccc(NC(=O)C2CC=CCC2C(=O)O)c1)c1ccccc1. The average molecular weight is 395 g/mol. The summed E-state index contributed by atoms with van der Waals surface area (Å²) in [5.41, 5.74) is 1.27. The van der Waals surface area contributed by atoms with Crippen LogP contribution in [-0.4, -0.2) is 28.5 Å². The molecule has 0 saturated carbocycles. The molecule has 1 aliphatic carbocycles. The number of hydrogen-bond acceptors (Lipinski definition) is 4. The molecule has 6 heteroatoms. The Labute approximate surface area is 167 Å². The van der Waals surface area contributed by atoms with E-state index in [1.165, 1.54) is 11.8 Å². The van der Waals surface area contributed by atoms with Gasteiger partial charge in [0.05, 0.1) is 17.6 Å². The van der Waals surface area contributed by atoms with Crippen LogP contribution in [0.25, 0.3) is 0 Å². The number of carboxylic acid groups (broad SMARTS) is 1. The third kappa shape index (κ3) is 5.10. The summed E-state index contributed by atoms with van der Waals surface area (Å²) in [6, 6.07) is 16.4. The predicted molar refractivity (Wildman–Crippen MR) is 110 cm³/mol. The van der Waals surface area contributed by atoms with Crippen molar-refractivity contribution in [1.82, 2.24) is 0 Å². The quantitative estimate of drug-likeness (QED) is 0.416. The zero-order valence-corrected chi connectivity index (χ0v) is 16.0. The lowest BCUT2D eigenvalue weighted by Crippen LogP contribution is -2.34. The number of carbonyl (C=O) groups is 3. The fraction of sp³-hybridized carbons (Fsp3) is 0.227. The molecule has 0 fully saturated rings. The number of thioether (sulfide) groups is 1. The summed E-state index contributed by atoms with van der Waals surface area (Å²) in [7, 11) is 0. The Bertz CT molecular complexity index is 894. The first kappa shape index (κ1) is 19.9. The zero-order valence-electron chi connectivity index (χ0n) is 15.2. The molecule has 5 nitrogen and oxygen atoms in total. The van der Waals surface area contributed by atoms with Crippen molar-refractivity contribution in [3.63, 3.8) is 0 Å². The number of benzene rings is 2. The third-order valence-electron chi connectivity index (χ3n) is 4.65. The Morgan fingerprint density at radius 2 is 1.68 bits per heavy atom.